The second kappa shape index (κ2) is 69.0. The highest BCUT2D eigenvalue weighted by molar-refractivity contribution is 5.71. The van der Waals surface area contributed by atoms with Crippen LogP contribution in [0, 0.1) is 0 Å². The summed E-state index contributed by atoms with van der Waals surface area (Å²) in [6.45, 7) is 6.39. The Balaban J connectivity index is 4.32. The van der Waals surface area contributed by atoms with Gasteiger partial charge in [0.1, 0.15) is 13.2 Å². The summed E-state index contributed by atoms with van der Waals surface area (Å²) in [5, 5.41) is 0. The zero-order valence-electron chi connectivity index (χ0n) is 53.5. The fraction of sp³-hybridized carbons (Fsp3) is 0.671. The van der Waals surface area contributed by atoms with Crippen molar-refractivity contribution >= 4 is 17.9 Å². The second-order valence-electron chi connectivity index (χ2n) is 22.3. The van der Waals surface area contributed by atoms with E-state index in [1.54, 1.807) is 0 Å². The lowest BCUT2D eigenvalue weighted by atomic mass is 10.0. The van der Waals surface area contributed by atoms with E-state index < -0.39 is 6.10 Å². The van der Waals surface area contributed by atoms with Crippen LogP contribution in [-0.2, 0) is 28.6 Å². The van der Waals surface area contributed by atoms with Gasteiger partial charge < -0.3 is 14.2 Å². The average Bonchev–Trinajstić information content (AvgIpc) is 3.47. The standard InChI is InChI=1S/C76H126O6/c1-4-7-10-13-16-19-22-25-28-30-32-33-34-35-36-37-38-39-40-41-42-43-44-46-48-51-54-57-60-63-66-69-75(78)81-72-73(71-80-74(77)68-65-62-59-56-53-50-47-27-24-21-18-15-12-9-6-3)82-76(79)70-67-64-61-58-55-52-49-45-31-29-26-23-20-17-14-11-8-5-2/h7,9-10,12,16,18-19,21,25,27-29,31-33,35-36,38-39,47,53,56,73H,4-6,8,11,13-15,17,20,22-24,26,30,34,37,40-46,48-52,54-55,57-72H2,1-3H3/b10-7-,12-9-,19-16-,21-18-,28-25-,31-29-,33-32-,36-35-,39-38-,47-27-,56-53-. The van der Waals surface area contributed by atoms with E-state index >= 15 is 0 Å². The van der Waals surface area contributed by atoms with Crippen LogP contribution in [-0.4, -0.2) is 37.2 Å². The molecule has 0 aliphatic carbocycles. The minimum atomic E-state index is -0.803. The molecule has 0 amide bonds. The number of unbranched alkanes of at least 4 members (excludes halogenated alkanes) is 28. The van der Waals surface area contributed by atoms with Crippen LogP contribution in [0.1, 0.15) is 310 Å². The monoisotopic (exact) mass is 1130 g/mol. The maximum absolute atomic E-state index is 12.9. The summed E-state index contributed by atoms with van der Waals surface area (Å²) >= 11 is 0. The molecule has 82 heavy (non-hydrogen) atoms. The van der Waals surface area contributed by atoms with Crippen LogP contribution < -0.4 is 0 Å². The smallest absolute Gasteiger partial charge is 0.306 e. The quantitative estimate of drug-likeness (QED) is 0.0261. The van der Waals surface area contributed by atoms with Crippen molar-refractivity contribution in [2.24, 2.45) is 0 Å². The number of hydrogen-bond donors (Lipinski definition) is 0. The van der Waals surface area contributed by atoms with Crippen LogP contribution in [0.15, 0.2) is 134 Å². The molecule has 0 saturated heterocycles. The van der Waals surface area contributed by atoms with E-state index in [-0.39, 0.29) is 31.1 Å². The molecule has 0 rings (SSSR count). The number of hydrogen-bond acceptors (Lipinski definition) is 6. The lowest BCUT2D eigenvalue weighted by Crippen LogP contribution is -2.30. The van der Waals surface area contributed by atoms with Crippen LogP contribution >= 0.6 is 0 Å². The van der Waals surface area contributed by atoms with Crippen molar-refractivity contribution in [1.29, 1.82) is 0 Å². The van der Waals surface area contributed by atoms with Gasteiger partial charge >= 0.3 is 17.9 Å². The molecule has 1 unspecified atom stereocenters. The molecule has 6 heteroatoms. The molecule has 0 fully saturated rings. The Morgan fingerprint density at radius 3 is 0.780 bits per heavy atom. The van der Waals surface area contributed by atoms with Gasteiger partial charge in [-0.25, -0.2) is 0 Å². The van der Waals surface area contributed by atoms with Crippen molar-refractivity contribution in [3.8, 4) is 0 Å². The highest BCUT2D eigenvalue weighted by atomic mass is 16.6. The van der Waals surface area contributed by atoms with Gasteiger partial charge in [-0.1, -0.05) is 289 Å². The second-order valence-corrected chi connectivity index (χ2v) is 22.3. The van der Waals surface area contributed by atoms with Gasteiger partial charge in [0, 0.05) is 19.3 Å². The molecule has 0 radical (unpaired) electrons. The summed E-state index contributed by atoms with van der Waals surface area (Å²) in [6, 6.07) is 0. The SMILES string of the molecule is CC/C=C\C/C=C\C/C=C\C/C=C\C/C=C\C/C=C\CCCCCCCCCCCCCCC(=O)OCC(COC(=O)CCCC/C=C\C/C=C\C/C=C\C/C=C\CC)OC(=O)CCCCCCCCC/C=C\CCCCCCCCC. The van der Waals surface area contributed by atoms with Crippen molar-refractivity contribution in [1.82, 2.24) is 0 Å². The molecule has 6 nitrogen and oxygen atoms in total. The molecule has 0 spiro atoms. The molecule has 0 aliphatic rings. The Morgan fingerprint density at radius 2 is 0.476 bits per heavy atom. The Kier molecular flexibility index (Phi) is 65.3. The molecule has 0 bridgehead atoms. The van der Waals surface area contributed by atoms with E-state index in [4.69, 9.17) is 14.2 Å². The van der Waals surface area contributed by atoms with Crippen LogP contribution in [0.25, 0.3) is 0 Å². The lowest BCUT2D eigenvalue weighted by Gasteiger charge is -2.18. The Morgan fingerprint density at radius 1 is 0.256 bits per heavy atom. The van der Waals surface area contributed by atoms with Gasteiger partial charge in [0.2, 0.25) is 0 Å². The molecular formula is C76H126O6. The molecule has 0 aromatic carbocycles. The number of ether oxygens (including phenoxy) is 3. The fourth-order valence-corrected chi connectivity index (χ4v) is 9.32. The third-order valence-electron chi connectivity index (χ3n) is 14.4. The molecule has 0 aromatic rings. The maximum Gasteiger partial charge on any atom is 0.306 e. The summed E-state index contributed by atoms with van der Waals surface area (Å²) < 4.78 is 16.9. The Bertz CT molecular complexity index is 1730. The largest absolute Gasteiger partial charge is 0.462 e. The first kappa shape index (κ1) is 77.5. The highest BCUT2D eigenvalue weighted by Gasteiger charge is 2.19. The zero-order valence-corrected chi connectivity index (χ0v) is 53.5. The molecule has 1 atom stereocenters. The molecule has 0 saturated carbocycles. The van der Waals surface area contributed by atoms with Gasteiger partial charge in [-0.3, -0.25) is 14.4 Å². The van der Waals surface area contributed by atoms with Gasteiger partial charge in [-0.05, 0) is 135 Å². The summed E-state index contributed by atoms with van der Waals surface area (Å²) in [5.41, 5.74) is 0. The Labute approximate surface area is 506 Å². The molecule has 0 aliphatic heterocycles. The van der Waals surface area contributed by atoms with Crippen LogP contribution in [0.3, 0.4) is 0 Å². The van der Waals surface area contributed by atoms with Gasteiger partial charge in [0.25, 0.3) is 0 Å². The van der Waals surface area contributed by atoms with Gasteiger partial charge in [-0.2, -0.15) is 0 Å². The minimum absolute atomic E-state index is 0.0958. The van der Waals surface area contributed by atoms with E-state index in [0.717, 1.165) is 122 Å². The molecule has 0 heterocycles. The zero-order chi connectivity index (χ0) is 59.2. The molecule has 466 valence electrons. The van der Waals surface area contributed by atoms with E-state index in [9.17, 15) is 14.4 Å². The molecular weight excluding hydrogens is 1010 g/mol. The number of carbonyl (C=O) groups excluding carboxylic acids is 3. The van der Waals surface area contributed by atoms with Crippen molar-refractivity contribution in [2.75, 3.05) is 13.2 Å². The van der Waals surface area contributed by atoms with Crippen LogP contribution in [0.4, 0.5) is 0 Å². The van der Waals surface area contributed by atoms with Crippen molar-refractivity contribution in [2.45, 2.75) is 316 Å². The van der Waals surface area contributed by atoms with Gasteiger partial charge in [0.15, 0.2) is 6.10 Å². The average molecular weight is 1140 g/mol. The third kappa shape index (κ3) is 66.4. The summed E-state index contributed by atoms with van der Waals surface area (Å²) in [5.74, 6) is -0.938. The predicted octanol–water partition coefficient (Wildman–Crippen LogP) is 23.7. The first-order valence-electron chi connectivity index (χ1n) is 34.2. The van der Waals surface area contributed by atoms with Crippen LogP contribution in [0.5, 0.6) is 0 Å². The van der Waals surface area contributed by atoms with Crippen molar-refractivity contribution in [3.05, 3.63) is 134 Å². The minimum Gasteiger partial charge on any atom is -0.462 e. The fourth-order valence-electron chi connectivity index (χ4n) is 9.32. The first-order chi connectivity index (χ1) is 40.5. The summed E-state index contributed by atoms with van der Waals surface area (Å²) in [7, 11) is 0. The topological polar surface area (TPSA) is 78.9 Å². The van der Waals surface area contributed by atoms with E-state index in [1.165, 1.54) is 148 Å². The molecule has 0 N–H and O–H groups in total. The normalized spacial score (nSPS) is 13.0. The highest BCUT2D eigenvalue weighted by Crippen LogP contribution is 2.16. The summed E-state index contributed by atoms with van der Waals surface area (Å²) in [4.78, 5) is 38.4. The van der Waals surface area contributed by atoms with Gasteiger partial charge in [0.05, 0.1) is 0 Å². The first-order valence-corrected chi connectivity index (χ1v) is 34.2. The van der Waals surface area contributed by atoms with Crippen molar-refractivity contribution in [3.63, 3.8) is 0 Å². The van der Waals surface area contributed by atoms with Crippen LogP contribution in [0.2, 0.25) is 0 Å². The maximum atomic E-state index is 12.9. The van der Waals surface area contributed by atoms with E-state index in [1.807, 2.05) is 0 Å². The predicted molar refractivity (Wildman–Crippen MR) is 357 cm³/mol. The number of carbonyl (C=O) groups is 3. The van der Waals surface area contributed by atoms with E-state index in [0.29, 0.717) is 19.3 Å². The van der Waals surface area contributed by atoms with Crippen molar-refractivity contribution < 1.29 is 28.6 Å². The summed E-state index contributed by atoms with van der Waals surface area (Å²) in [6.07, 6.45) is 97.6. The van der Waals surface area contributed by atoms with E-state index in [2.05, 4.69) is 154 Å². The lowest BCUT2D eigenvalue weighted by molar-refractivity contribution is -0.167. The third-order valence-corrected chi connectivity index (χ3v) is 14.4. The Hall–Kier alpha value is -4.45. The molecule has 0 aromatic heterocycles. The van der Waals surface area contributed by atoms with Gasteiger partial charge in [-0.15, -0.1) is 0 Å². The number of allylic oxidation sites excluding steroid dienone is 22. The number of rotatable bonds is 61. The number of esters is 3.